The SMILES string of the molecule is O=C(COc1cccc(Br)c1)NC1CC1. The molecule has 1 aromatic carbocycles. The quantitative estimate of drug-likeness (QED) is 0.910. The lowest BCUT2D eigenvalue weighted by Crippen LogP contribution is -2.30. The van der Waals surface area contributed by atoms with Crippen molar-refractivity contribution in [3.8, 4) is 5.75 Å². The molecule has 0 heterocycles. The molecule has 1 fully saturated rings. The first-order valence-corrected chi connectivity index (χ1v) is 5.71. The normalized spacial score (nSPS) is 14.7. The van der Waals surface area contributed by atoms with Gasteiger partial charge in [-0.3, -0.25) is 4.79 Å². The Morgan fingerprint density at radius 3 is 3.00 bits per heavy atom. The van der Waals surface area contributed by atoms with E-state index in [0.717, 1.165) is 17.3 Å². The highest BCUT2D eigenvalue weighted by molar-refractivity contribution is 9.10. The number of ether oxygens (including phenoxy) is 1. The number of benzene rings is 1. The van der Waals surface area contributed by atoms with Crippen molar-refractivity contribution in [1.82, 2.24) is 5.32 Å². The van der Waals surface area contributed by atoms with Crippen LogP contribution in [0.2, 0.25) is 0 Å². The molecule has 2 rings (SSSR count). The molecular formula is C11H12BrNO2. The van der Waals surface area contributed by atoms with Crippen molar-refractivity contribution in [2.45, 2.75) is 18.9 Å². The lowest BCUT2D eigenvalue weighted by Gasteiger charge is -2.06. The van der Waals surface area contributed by atoms with E-state index in [1.165, 1.54) is 0 Å². The van der Waals surface area contributed by atoms with E-state index in [1.54, 1.807) is 0 Å². The van der Waals surface area contributed by atoms with Crippen LogP contribution in [0.15, 0.2) is 28.7 Å². The summed E-state index contributed by atoms with van der Waals surface area (Å²) in [4.78, 5) is 11.3. The lowest BCUT2D eigenvalue weighted by molar-refractivity contribution is -0.123. The van der Waals surface area contributed by atoms with Crippen molar-refractivity contribution < 1.29 is 9.53 Å². The Kier molecular flexibility index (Phi) is 3.26. The third-order valence-corrected chi connectivity index (χ3v) is 2.60. The van der Waals surface area contributed by atoms with Crippen LogP contribution in [-0.4, -0.2) is 18.6 Å². The molecule has 1 saturated carbocycles. The van der Waals surface area contributed by atoms with Gasteiger partial charge in [0.2, 0.25) is 0 Å². The Balaban J connectivity index is 1.78. The Labute approximate surface area is 96.9 Å². The number of hydrogen-bond donors (Lipinski definition) is 1. The van der Waals surface area contributed by atoms with Crippen molar-refractivity contribution in [1.29, 1.82) is 0 Å². The Bertz CT molecular complexity index is 363. The van der Waals surface area contributed by atoms with Gasteiger partial charge < -0.3 is 10.1 Å². The molecule has 1 aliphatic rings. The molecule has 3 nitrogen and oxygen atoms in total. The largest absolute Gasteiger partial charge is 0.484 e. The maximum Gasteiger partial charge on any atom is 0.258 e. The fourth-order valence-corrected chi connectivity index (χ4v) is 1.58. The van der Waals surface area contributed by atoms with Crippen molar-refractivity contribution in [2.24, 2.45) is 0 Å². The zero-order valence-corrected chi connectivity index (χ0v) is 9.79. The van der Waals surface area contributed by atoms with Crippen LogP contribution >= 0.6 is 15.9 Å². The fraction of sp³-hybridized carbons (Fsp3) is 0.364. The van der Waals surface area contributed by atoms with E-state index in [9.17, 15) is 4.79 Å². The molecule has 0 aliphatic heterocycles. The summed E-state index contributed by atoms with van der Waals surface area (Å²) in [5, 5.41) is 2.86. The van der Waals surface area contributed by atoms with Crippen LogP contribution in [0, 0.1) is 0 Å². The van der Waals surface area contributed by atoms with E-state index in [-0.39, 0.29) is 12.5 Å². The maximum atomic E-state index is 11.3. The topological polar surface area (TPSA) is 38.3 Å². The van der Waals surface area contributed by atoms with Gasteiger partial charge in [0.25, 0.3) is 5.91 Å². The molecule has 1 amide bonds. The number of carbonyl (C=O) groups excluding carboxylic acids is 1. The van der Waals surface area contributed by atoms with Gasteiger partial charge in [-0.1, -0.05) is 22.0 Å². The van der Waals surface area contributed by atoms with Gasteiger partial charge in [-0.2, -0.15) is 0 Å². The number of halogens is 1. The van der Waals surface area contributed by atoms with Crippen molar-refractivity contribution in [2.75, 3.05) is 6.61 Å². The van der Waals surface area contributed by atoms with Gasteiger partial charge in [0.15, 0.2) is 6.61 Å². The minimum absolute atomic E-state index is 0.0440. The summed E-state index contributed by atoms with van der Waals surface area (Å²) in [6.45, 7) is 0.0902. The molecule has 1 aromatic rings. The monoisotopic (exact) mass is 269 g/mol. The number of hydrogen-bond acceptors (Lipinski definition) is 2. The molecule has 0 saturated heterocycles. The molecule has 0 unspecified atom stereocenters. The third kappa shape index (κ3) is 3.55. The van der Waals surface area contributed by atoms with E-state index >= 15 is 0 Å². The summed E-state index contributed by atoms with van der Waals surface area (Å²) in [5.41, 5.74) is 0. The molecule has 0 spiro atoms. The lowest BCUT2D eigenvalue weighted by atomic mass is 10.3. The second-order valence-electron chi connectivity index (χ2n) is 3.59. The highest BCUT2D eigenvalue weighted by Crippen LogP contribution is 2.19. The van der Waals surface area contributed by atoms with Gasteiger partial charge in [0.05, 0.1) is 0 Å². The van der Waals surface area contributed by atoms with Gasteiger partial charge in [0, 0.05) is 10.5 Å². The second kappa shape index (κ2) is 4.66. The summed E-state index contributed by atoms with van der Waals surface area (Å²) in [6, 6.07) is 7.85. The van der Waals surface area contributed by atoms with E-state index < -0.39 is 0 Å². The summed E-state index contributed by atoms with van der Waals surface area (Å²) in [5.74, 6) is 0.660. The molecule has 80 valence electrons. The predicted molar refractivity (Wildman–Crippen MR) is 60.8 cm³/mol. The molecule has 0 bridgehead atoms. The minimum Gasteiger partial charge on any atom is -0.484 e. The maximum absolute atomic E-state index is 11.3. The molecule has 1 aliphatic carbocycles. The number of amides is 1. The van der Waals surface area contributed by atoms with Crippen LogP contribution in [0.5, 0.6) is 5.75 Å². The molecule has 15 heavy (non-hydrogen) atoms. The van der Waals surface area contributed by atoms with E-state index in [1.807, 2.05) is 24.3 Å². The van der Waals surface area contributed by atoms with Crippen LogP contribution in [0.3, 0.4) is 0 Å². The third-order valence-electron chi connectivity index (χ3n) is 2.11. The average Bonchev–Trinajstić information content (AvgIpc) is 2.99. The van der Waals surface area contributed by atoms with Crippen LogP contribution in [0.1, 0.15) is 12.8 Å². The molecular weight excluding hydrogens is 258 g/mol. The van der Waals surface area contributed by atoms with Crippen molar-refractivity contribution in [3.63, 3.8) is 0 Å². The van der Waals surface area contributed by atoms with Crippen molar-refractivity contribution in [3.05, 3.63) is 28.7 Å². The van der Waals surface area contributed by atoms with Gasteiger partial charge in [-0.15, -0.1) is 0 Å². The Hall–Kier alpha value is -1.03. The van der Waals surface area contributed by atoms with E-state index in [4.69, 9.17) is 4.74 Å². The fourth-order valence-electron chi connectivity index (χ4n) is 1.20. The number of nitrogens with one attached hydrogen (secondary N) is 1. The summed E-state index contributed by atoms with van der Waals surface area (Å²) >= 11 is 3.34. The van der Waals surface area contributed by atoms with E-state index in [0.29, 0.717) is 11.8 Å². The standard InChI is InChI=1S/C11H12BrNO2/c12-8-2-1-3-10(6-8)15-7-11(14)13-9-4-5-9/h1-3,6,9H,4-5,7H2,(H,13,14). The number of carbonyl (C=O) groups is 1. The summed E-state index contributed by atoms with van der Waals surface area (Å²) in [7, 11) is 0. The first-order chi connectivity index (χ1) is 7.24. The summed E-state index contributed by atoms with van der Waals surface area (Å²) in [6.07, 6.45) is 2.20. The smallest absolute Gasteiger partial charge is 0.258 e. The van der Waals surface area contributed by atoms with Crippen LogP contribution in [-0.2, 0) is 4.79 Å². The van der Waals surface area contributed by atoms with Crippen molar-refractivity contribution >= 4 is 21.8 Å². The molecule has 4 heteroatoms. The predicted octanol–water partition coefficient (Wildman–Crippen LogP) is 2.11. The Morgan fingerprint density at radius 1 is 1.53 bits per heavy atom. The minimum atomic E-state index is -0.0440. The summed E-state index contributed by atoms with van der Waals surface area (Å²) < 4.78 is 6.28. The van der Waals surface area contributed by atoms with Gasteiger partial charge in [-0.25, -0.2) is 0 Å². The van der Waals surface area contributed by atoms with Gasteiger partial charge >= 0.3 is 0 Å². The van der Waals surface area contributed by atoms with Crippen LogP contribution in [0.25, 0.3) is 0 Å². The molecule has 0 atom stereocenters. The molecule has 0 radical (unpaired) electrons. The van der Waals surface area contributed by atoms with Crippen LogP contribution < -0.4 is 10.1 Å². The highest BCUT2D eigenvalue weighted by Gasteiger charge is 2.23. The first kappa shape index (κ1) is 10.5. The molecule has 1 N–H and O–H groups in total. The molecule has 0 aromatic heterocycles. The number of rotatable bonds is 4. The second-order valence-corrected chi connectivity index (χ2v) is 4.50. The zero-order chi connectivity index (χ0) is 10.7. The first-order valence-electron chi connectivity index (χ1n) is 4.92. The van der Waals surface area contributed by atoms with Crippen LogP contribution in [0.4, 0.5) is 0 Å². The zero-order valence-electron chi connectivity index (χ0n) is 8.20. The van der Waals surface area contributed by atoms with Gasteiger partial charge in [-0.05, 0) is 31.0 Å². The van der Waals surface area contributed by atoms with E-state index in [2.05, 4.69) is 21.2 Å². The van der Waals surface area contributed by atoms with Gasteiger partial charge in [0.1, 0.15) is 5.75 Å². The highest BCUT2D eigenvalue weighted by atomic mass is 79.9. The Morgan fingerprint density at radius 2 is 2.33 bits per heavy atom. The average molecular weight is 270 g/mol.